The van der Waals surface area contributed by atoms with Crippen LogP contribution in [0.2, 0.25) is 0 Å². The minimum Gasteiger partial charge on any atom is -0.544 e. The molecule has 29 atom stereocenters. The number of carbonyl (C=O) groups is 8. The molecule has 1 aromatic heterocycles. The topological polar surface area (TPSA) is 703 Å². The van der Waals surface area contributed by atoms with Crippen molar-refractivity contribution in [3.63, 3.8) is 0 Å². The molecule has 6 aliphatic heterocycles. The van der Waals surface area contributed by atoms with Crippen molar-refractivity contribution in [2.24, 2.45) is 0 Å². The largest absolute Gasteiger partial charge is 1.00 e. The molecule has 0 saturated carbocycles. The molecule has 6 fully saturated rings. The van der Waals surface area contributed by atoms with Crippen LogP contribution >= 0.6 is 0 Å². The first-order valence-electron chi connectivity index (χ1n) is 36.4. The van der Waals surface area contributed by atoms with E-state index in [9.17, 15) is 125 Å². The Kier molecular flexibility index (Phi) is 41.3. The molecule has 0 aliphatic carbocycles. The normalized spacial score (nSPS) is 34.6. The fourth-order valence-corrected chi connectivity index (χ4v) is 13.8. The van der Waals surface area contributed by atoms with Crippen LogP contribution in [0.5, 0.6) is 0 Å². The van der Waals surface area contributed by atoms with E-state index in [2.05, 4.69) is 42.2 Å². The van der Waals surface area contributed by atoms with Gasteiger partial charge in [-0.3, -0.25) is 24.0 Å². The summed E-state index contributed by atoms with van der Waals surface area (Å²) >= 11 is 0. The summed E-state index contributed by atoms with van der Waals surface area (Å²) in [6, 6.07) is -5.81. The zero-order chi connectivity index (χ0) is 82.6. The van der Waals surface area contributed by atoms with Gasteiger partial charge >= 0.3 is 65.1 Å². The van der Waals surface area contributed by atoms with Crippen LogP contribution in [0.1, 0.15) is 85.3 Å². The Balaban J connectivity index is 0.0000116. The molecule has 0 aromatic carbocycles. The van der Waals surface area contributed by atoms with E-state index in [4.69, 9.17) is 56.8 Å². The van der Waals surface area contributed by atoms with Crippen LogP contribution in [0.15, 0.2) is 6.20 Å². The van der Waals surface area contributed by atoms with Crippen molar-refractivity contribution in [1.29, 1.82) is 0 Å². The van der Waals surface area contributed by atoms with Gasteiger partial charge in [0.25, 0.3) is 0 Å². The van der Waals surface area contributed by atoms with E-state index in [0.717, 1.165) is 58.3 Å². The second-order valence-electron chi connectivity index (χ2n) is 27.9. The van der Waals surface area contributed by atoms with Crippen LogP contribution in [0, 0.1) is 0 Å². The number of amides is 7. The summed E-state index contributed by atoms with van der Waals surface area (Å²) in [5.74, 6) is -16.0. The fraction of sp³-hybridized carbons (Fsp3) is 0.846. The maximum Gasteiger partial charge on any atom is 1.00 e. The van der Waals surface area contributed by atoms with Crippen molar-refractivity contribution >= 4 is 47.5 Å². The van der Waals surface area contributed by atoms with Crippen molar-refractivity contribution in [3.05, 3.63) is 11.9 Å². The molecule has 0 bridgehead atoms. The first-order valence-corrected chi connectivity index (χ1v) is 36.4. The van der Waals surface area contributed by atoms with Crippen LogP contribution in [0.3, 0.4) is 0 Å². The zero-order valence-corrected chi connectivity index (χ0v) is 68.0. The number of ether oxygens (including phenoxy) is 12. The molecule has 114 heavy (non-hydrogen) atoms. The van der Waals surface area contributed by atoms with E-state index < -0.39 is 252 Å². The van der Waals surface area contributed by atoms with Crippen molar-refractivity contribution in [2.75, 3.05) is 79.2 Å². The van der Waals surface area contributed by atoms with E-state index in [1.165, 1.54) is 10.9 Å². The Morgan fingerprint density at radius 3 is 1.73 bits per heavy atom. The first kappa shape index (κ1) is 100. The first-order chi connectivity index (χ1) is 53.1. The van der Waals surface area contributed by atoms with Crippen LogP contribution in [-0.2, 0) is 103 Å². The minimum absolute atomic E-state index is 0. The van der Waals surface area contributed by atoms with Crippen molar-refractivity contribution in [2.45, 2.75) is 269 Å². The second kappa shape index (κ2) is 47.0. The number of carboxylic acids is 2. The van der Waals surface area contributed by atoms with Gasteiger partial charge in [0.2, 0.25) is 41.1 Å². The quantitative estimate of drug-likeness (QED) is 0.0213. The number of urea groups is 1. The van der Waals surface area contributed by atoms with Crippen molar-refractivity contribution in [1.82, 2.24) is 51.8 Å². The number of hydrogen-bond donors (Lipinski definition) is 21. The molecule has 6 aliphatic rings. The number of nitrogens with one attached hydrogen (secondary N) is 6. The molecular weight excluding hydrogens is 1560 g/mol. The molecule has 47 nitrogen and oxygen atoms in total. The number of aromatic nitrogens is 3. The Morgan fingerprint density at radius 1 is 0.632 bits per heavy atom. The van der Waals surface area contributed by atoms with Crippen LogP contribution in [0.4, 0.5) is 4.79 Å². The van der Waals surface area contributed by atoms with Gasteiger partial charge in [-0.1, -0.05) is 18.1 Å². The fourth-order valence-electron chi connectivity index (χ4n) is 13.8. The molecule has 25 unspecified atom stereocenters. The van der Waals surface area contributed by atoms with Gasteiger partial charge in [0, 0.05) is 59.5 Å². The van der Waals surface area contributed by atoms with Gasteiger partial charge in [-0.25, -0.2) is 9.48 Å². The van der Waals surface area contributed by atoms with E-state index in [1.807, 2.05) is 6.92 Å². The monoisotopic (exact) mass is 1660 g/mol. The molecule has 7 rings (SSSR count). The van der Waals surface area contributed by atoms with Crippen LogP contribution in [-0.4, -0.2) is 400 Å². The summed E-state index contributed by atoms with van der Waals surface area (Å²) in [6.45, 7) is 0.640. The minimum atomic E-state index is -3.73. The summed E-state index contributed by atoms with van der Waals surface area (Å²) in [6.07, 6.45) is -47.6. The smallest absolute Gasteiger partial charge is 0.544 e. The number of unbranched alkanes of at least 4 members (excludes halogenated alkanes) is 2. The summed E-state index contributed by atoms with van der Waals surface area (Å²) < 4.78 is 71.2. The molecule has 1 aromatic rings. The summed E-state index contributed by atoms with van der Waals surface area (Å²) in [7, 11) is 0. The van der Waals surface area contributed by atoms with E-state index in [-0.39, 0.29) is 135 Å². The molecule has 21 N–H and O–H groups in total. The maximum atomic E-state index is 14.0. The second-order valence-corrected chi connectivity index (χ2v) is 27.9. The van der Waals surface area contributed by atoms with Gasteiger partial charge in [0.05, 0.1) is 122 Å². The number of carboxylic acid groups (broad SMARTS) is 2. The Labute approximate surface area is 696 Å². The van der Waals surface area contributed by atoms with Gasteiger partial charge in [0.15, 0.2) is 18.8 Å². The number of aliphatic hydroxyl groups is 15. The molecule has 640 valence electrons. The molecule has 7 heterocycles. The number of carbonyl (C=O) groups excluding carboxylic acids is 8. The van der Waals surface area contributed by atoms with E-state index >= 15 is 0 Å². The molecular formula is C65H106N10Na2O37. The van der Waals surface area contributed by atoms with Gasteiger partial charge in [0.1, 0.15) is 127 Å². The molecule has 6 saturated heterocycles. The van der Waals surface area contributed by atoms with Gasteiger partial charge in [-0.2, -0.15) is 0 Å². The average molecular weight is 1670 g/mol. The third-order valence-electron chi connectivity index (χ3n) is 19.6. The summed E-state index contributed by atoms with van der Waals surface area (Å²) in [5, 5.41) is 219. The van der Waals surface area contributed by atoms with Gasteiger partial charge in [-0.05, 0) is 19.8 Å². The Hall–Kier alpha value is -4.38. The van der Waals surface area contributed by atoms with E-state index in [0.29, 0.717) is 13.0 Å². The summed E-state index contributed by atoms with van der Waals surface area (Å²) in [5.41, 5.74) is 0.108. The molecule has 0 spiro atoms. The van der Waals surface area contributed by atoms with Crippen molar-refractivity contribution < 1.29 is 241 Å². The standard InChI is InChI=1S/C65H108N10O37.2Na/c1-28-34(71-63(100)67-28)9-7-6-8-10-42(88)66-11-13-101-15-17-103-18-16-102-14-12-74-21-33(72-73-74)22-75(32(5)84)58-51(94)50(93)53(40(26-79)104-58)107-60-52(95)57(54(41(27-80)106-60)108-59-45(70-31(4)83)49(92)47(90)38(24-77)105-59)112-65(62(98)99)20-36(86)44(69-30(3)82)56(111-65)48(91)39(25-78)109-64(61(96)97)19-35(85)43(68-29(2)81)55(110-64)46(89)37(87)23-76;;/h21,28,34-41,43-60,76-80,85-87,89-95H,6-20,22-27H2,1-5H3,(H,66,88)(H,68,81)(H,69,82)(H,70,83)(H,96,97)(H,98,99)(H2,67,71,100);;/q;2*+1/p-2/t28?,34?,35?,36?,37-,38?,39-,40?,41?,43?,44?,45?,46-,47?,48-,49?,50?,51?,52?,53?,54?,55?,56?,57?,58?,59?,60?,64?,65?;;/m1../s1. The van der Waals surface area contributed by atoms with Gasteiger partial charge < -0.3 is 190 Å². The zero-order valence-electron chi connectivity index (χ0n) is 64.0. The van der Waals surface area contributed by atoms with Crippen LogP contribution < -0.4 is 101 Å². The van der Waals surface area contributed by atoms with E-state index in [1.54, 1.807) is 0 Å². The predicted molar refractivity (Wildman–Crippen MR) is 358 cm³/mol. The molecule has 7 amide bonds. The number of hydrogen-bond acceptors (Lipinski definition) is 39. The Morgan fingerprint density at radius 2 is 1.18 bits per heavy atom. The molecule has 0 radical (unpaired) electrons. The van der Waals surface area contributed by atoms with Crippen molar-refractivity contribution in [3.8, 4) is 0 Å². The third-order valence-corrected chi connectivity index (χ3v) is 19.6. The predicted octanol–water partition coefficient (Wildman–Crippen LogP) is -20.9. The SMILES string of the molecule is CC(=O)NC1C(OC2C(CO)OC(OC3C(CO)OC(N(Cc4cn(CCOCCOCCOCCNC(=O)CCCCCC5NC(=O)NC5C)nn4)C(C)=O)C(O)C3O)C(O)C2OC2(C(=O)[O-])CC(O)C(NC(C)=O)C([C@H](O)[C@@H](CO)OC3(C(=O)[O-])CC(O)C(NC(C)=O)C([C@H](O)[C@H](O)CO)O3)O2)OC(CO)C(O)C1O.[Na+].[Na+]. The Bertz CT molecular complexity index is 3210. The number of nitrogens with zero attached hydrogens (tertiary/aromatic N) is 4. The van der Waals surface area contributed by atoms with Gasteiger partial charge in [-0.15, -0.1) is 5.10 Å². The maximum absolute atomic E-state index is 14.0. The number of rotatable bonds is 43. The third kappa shape index (κ3) is 26.3. The molecule has 49 heteroatoms. The average Bonchev–Trinajstić information content (AvgIpc) is 0.895. The van der Waals surface area contributed by atoms with Crippen LogP contribution in [0.25, 0.3) is 0 Å². The number of aliphatic hydroxyl groups excluding tert-OH is 15. The number of aliphatic carboxylic acids is 2. The summed E-state index contributed by atoms with van der Waals surface area (Å²) in [4.78, 5) is 103.